The molecule has 1 rings (SSSR count). The summed E-state index contributed by atoms with van der Waals surface area (Å²) in [6.45, 7) is 10.0. The fraction of sp³-hybridized carbons (Fsp3) is 0.900. The van der Waals surface area contributed by atoms with Crippen LogP contribution in [0.3, 0.4) is 0 Å². The van der Waals surface area contributed by atoms with Crippen molar-refractivity contribution in [1.29, 1.82) is 0 Å². The third-order valence-corrected chi connectivity index (χ3v) is 2.01. The number of nitrogens with one attached hydrogen (secondary N) is 1. The molecule has 2 nitrogen and oxygen atoms in total. The van der Waals surface area contributed by atoms with Crippen molar-refractivity contribution in [3.63, 3.8) is 0 Å². The molecule has 0 spiro atoms. The van der Waals surface area contributed by atoms with Crippen molar-refractivity contribution in [2.24, 2.45) is 5.41 Å². The van der Waals surface area contributed by atoms with Crippen molar-refractivity contribution in [3.8, 4) is 0 Å². The van der Waals surface area contributed by atoms with Gasteiger partial charge in [-0.2, -0.15) is 0 Å². The molecule has 1 fully saturated rings. The Morgan fingerprint density at radius 1 is 1.33 bits per heavy atom. The summed E-state index contributed by atoms with van der Waals surface area (Å²) >= 11 is 0. The Morgan fingerprint density at radius 3 is 2.00 bits per heavy atom. The molecule has 1 N–H and O–H groups in total. The molecular formula is C10H21NO. The van der Waals surface area contributed by atoms with Crippen LogP contribution >= 0.6 is 0 Å². The zero-order valence-electron chi connectivity index (χ0n) is 8.90. The van der Waals surface area contributed by atoms with Crippen molar-refractivity contribution in [3.05, 3.63) is 0 Å². The fourth-order valence-electron chi connectivity index (χ4n) is 1.66. The van der Waals surface area contributed by atoms with Gasteiger partial charge in [0.05, 0.1) is 0 Å². The van der Waals surface area contributed by atoms with Gasteiger partial charge in [-0.25, -0.2) is 0 Å². The van der Waals surface area contributed by atoms with Crippen LogP contribution in [0.2, 0.25) is 0 Å². The van der Waals surface area contributed by atoms with Crippen molar-refractivity contribution in [2.75, 3.05) is 0 Å². The average Bonchev–Trinajstić information content (AvgIpc) is 1.87. The molecule has 2 heteroatoms. The number of hydrogen-bond acceptors (Lipinski definition) is 1. The summed E-state index contributed by atoms with van der Waals surface area (Å²) < 4.78 is 0. The van der Waals surface area contributed by atoms with Crippen LogP contribution in [0.4, 0.5) is 0 Å². The zero-order valence-corrected chi connectivity index (χ0v) is 8.90. The van der Waals surface area contributed by atoms with E-state index < -0.39 is 0 Å². The lowest BCUT2D eigenvalue weighted by molar-refractivity contribution is -0.121. The van der Waals surface area contributed by atoms with Gasteiger partial charge in [-0.05, 0) is 18.3 Å². The highest BCUT2D eigenvalue weighted by Crippen LogP contribution is 2.39. The molecule has 0 aliphatic heterocycles. The summed E-state index contributed by atoms with van der Waals surface area (Å²) in [4.78, 5) is 10.5. The van der Waals surface area contributed by atoms with Crippen LogP contribution in [0.5, 0.6) is 0 Å². The monoisotopic (exact) mass is 171 g/mol. The van der Waals surface area contributed by atoms with Gasteiger partial charge in [0.1, 0.15) is 0 Å². The van der Waals surface area contributed by atoms with Gasteiger partial charge < -0.3 is 5.32 Å². The maximum Gasteiger partial charge on any atom is 0.217 e. The average molecular weight is 171 g/mol. The fourth-order valence-corrected chi connectivity index (χ4v) is 1.66. The highest BCUT2D eigenvalue weighted by molar-refractivity contribution is 5.73. The zero-order chi connectivity index (χ0) is 9.78. The molecule has 0 unspecified atom stereocenters. The minimum atomic E-state index is 0.0977. The van der Waals surface area contributed by atoms with E-state index in [4.69, 9.17) is 0 Å². The van der Waals surface area contributed by atoms with Gasteiger partial charge >= 0.3 is 0 Å². The Bertz CT molecular complexity index is 144. The standard InChI is InChI=1S/C8H15NO.C2H6/c1-6(10)9-7-4-8(2,3)5-7;1-2/h7H,4-5H2,1-3H3,(H,9,10);1-2H3. The second-order valence-corrected chi connectivity index (χ2v) is 3.97. The van der Waals surface area contributed by atoms with E-state index in [1.165, 1.54) is 0 Å². The Labute approximate surface area is 75.7 Å². The van der Waals surface area contributed by atoms with Gasteiger partial charge in [0, 0.05) is 13.0 Å². The molecule has 1 saturated carbocycles. The molecule has 0 aromatic rings. The van der Waals surface area contributed by atoms with Crippen LogP contribution in [0.1, 0.15) is 47.5 Å². The summed E-state index contributed by atoms with van der Waals surface area (Å²) in [7, 11) is 0. The molecule has 0 radical (unpaired) electrons. The van der Waals surface area contributed by atoms with Gasteiger partial charge in [0.15, 0.2) is 0 Å². The predicted molar refractivity (Wildman–Crippen MR) is 52.0 cm³/mol. The second-order valence-electron chi connectivity index (χ2n) is 3.97. The largest absolute Gasteiger partial charge is 0.354 e. The smallest absolute Gasteiger partial charge is 0.217 e. The highest BCUT2D eigenvalue weighted by atomic mass is 16.1. The van der Waals surface area contributed by atoms with Gasteiger partial charge in [-0.3, -0.25) is 4.79 Å². The van der Waals surface area contributed by atoms with E-state index >= 15 is 0 Å². The minimum absolute atomic E-state index is 0.0977. The van der Waals surface area contributed by atoms with E-state index in [1.807, 2.05) is 13.8 Å². The van der Waals surface area contributed by atoms with Crippen LogP contribution in [-0.2, 0) is 4.79 Å². The molecule has 72 valence electrons. The number of carbonyl (C=O) groups is 1. The summed E-state index contributed by atoms with van der Waals surface area (Å²) in [5.41, 5.74) is 0.465. The van der Waals surface area contributed by atoms with Crippen molar-refractivity contribution >= 4 is 5.91 Å². The minimum Gasteiger partial charge on any atom is -0.354 e. The van der Waals surface area contributed by atoms with Gasteiger partial charge in [0.25, 0.3) is 0 Å². The quantitative estimate of drug-likeness (QED) is 0.644. The highest BCUT2D eigenvalue weighted by Gasteiger charge is 2.36. The lowest BCUT2D eigenvalue weighted by atomic mass is 9.68. The van der Waals surface area contributed by atoms with Crippen LogP contribution in [0.25, 0.3) is 0 Å². The molecule has 1 aliphatic carbocycles. The molecule has 0 aromatic carbocycles. The maximum absolute atomic E-state index is 10.5. The third kappa shape index (κ3) is 3.74. The van der Waals surface area contributed by atoms with Crippen molar-refractivity contribution in [2.45, 2.75) is 53.5 Å². The number of amides is 1. The van der Waals surface area contributed by atoms with E-state index in [-0.39, 0.29) is 5.91 Å². The molecule has 0 heterocycles. The third-order valence-electron chi connectivity index (χ3n) is 2.01. The molecule has 1 aliphatic rings. The van der Waals surface area contributed by atoms with E-state index in [2.05, 4.69) is 19.2 Å². The van der Waals surface area contributed by atoms with Crippen LogP contribution in [0.15, 0.2) is 0 Å². The van der Waals surface area contributed by atoms with Gasteiger partial charge in [-0.15, -0.1) is 0 Å². The predicted octanol–water partition coefficient (Wildman–Crippen LogP) is 2.34. The topological polar surface area (TPSA) is 29.1 Å². The summed E-state index contributed by atoms with van der Waals surface area (Å²) in [5, 5.41) is 2.90. The number of carbonyl (C=O) groups excluding carboxylic acids is 1. The van der Waals surface area contributed by atoms with Gasteiger partial charge in [-0.1, -0.05) is 27.7 Å². The molecule has 1 amide bonds. The molecule has 0 atom stereocenters. The van der Waals surface area contributed by atoms with E-state index in [0.29, 0.717) is 11.5 Å². The van der Waals surface area contributed by atoms with Gasteiger partial charge in [0.2, 0.25) is 5.91 Å². The van der Waals surface area contributed by atoms with Crippen LogP contribution < -0.4 is 5.32 Å². The lowest BCUT2D eigenvalue weighted by Crippen LogP contribution is -2.47. The van der Waals surface area contributed by atoms with E-state index in [0.717, 1.165) is 12.8 Å². The summed E-state index contributed by atoms with van der Waals surface area (Å²) in [6, 6.07) is 0.451. The van der Waals surface area contributed by atoms with E-state index in [1.54, 1.807) is 6.92 Å². The van der Waals surface area contributed by atoms with Crippen molar-refractivity contribution < 1.29 is 4.79 Å². The summed E-state index contributed by atoms with van der Waals surface area (Å²) in [5.74, 6) is 0.0977. The summed E-state index contributed by atoms with van der Waals surface area (Å²) in [6.07, 6.45) is 2.26. The normalized spacial score (nSPS) is 20.1. The Morgan fingerprint density at radius 2 is 1.75 bits per heavy atom. The first-order valence-electron chi connectivity index (χ1n) is 4.77. The second kappa shape index (κ2) is 4.48. The van der Waals surface area contributed by atoms with Crippen molar-refractivity contribution in [1.82, 2.24) is 5.32 Å². The number of hydrogen-bond donors (Lipinski definition) is 1. The van der Waals surface area contributed by atoms with Crippen LogP contribution in [0, 0.1) is 5.41 Å². The number of rotatable bonds is 1. The molecule has 0 bridgehead atoms. The van der Waals surface area contributed by atoms with E-state index in [9.17, 15) is 4.79 Å². The molecule has 12 heavy (non-hydrogen) atoms. The molecule has 0 saturated heterocycles. The van der Waals surface area contributed by atoms with Crippen LogP contribution in [-0.4, -0.2) is 11.9 Å². The first kappa shape index (κ1) is 11.5. The Hall–Kier alpha value is -0.530. The Balaban J connectivity index is 0.000000561. The first-order chi connectivity index (χ1) is 5.49. The SMILES string of the molecule is CC.CC(=O)NC1CC(C)(C)C1. The molecular weight excluding hydrogens is 150 g/mol. The first-order valence-corrected chi connectivity index (χ1v) is 4.77. The Kier molecular flexibility index (Phi) is 4.29. The lowest BCUT2D eigenvalue weighted by Gasteiger charge is -2.42. The molecule has 0 aromatic heterocycles. The maximum atomic E-state index is 10.5.